The summed E-state index contributed by atoms with van der Waals surface area (Å²) in [6.07, 6.45) is 3.69. The van der Waals surface area contributed by atoms with Gasteiger partial charge >= 0.3 is 0 Å². The van der Waals surface area contributed by atoms with Crippen LogP contribution in [0.5, 0.6) is 0 Å². The van der Waals surface area contributed by atoms with Crippen molar-refractivity contribution in [1.82, 2.24) is 29.9 Å². The Labute approximate surface area is 196 Å². The number of aryl methyl sites for hydroxylation is 1. The zero-order chi connectivity index (χ0) is 22.9. The summed E-state index contributed by atoms with van der Waals surface area (Å²) in [6, 6.07) is 18.4. The van der Waals surface area contributed by atoms with Crippen LogP contribution >= 0.6 is 0 Å². The highest BCUT2D eigenvalue weighted by molar-refractivity contribution is 5.84. The Morgan fingerprint density at radius 3 is 2.53 bits per heavy atom. The highest BCUT2D eigenvalue weighted by Gasteiger charge is 2.17. The Morgan fingerprint density at radius 1 is 0.912 bits per heavy atom. The van der Waals surface area contributed by atoms with Gasteiger partial charge in [-0.25, -0.2) is 4.98 Å². The number of hydrogen-bond donors (Lipinski definition) is 2. The molecule has 9 nitrogen and oxygen atoms in total. The molecule has 0 saturated carbocycles. The average Bonchev–Trinajstić information content (AvgIpc) is 3.55. The molecule has 34 heavy (non-hydrogen) atoms. The molecule has 9 heteroatoms. The summed E-state index contributed by atoms with van der Waals surface area (Å²) in [7, 11) is 1.95. The summed E-state index contributed by atoms with van der Waals surface area (Å²) in [4.78, 5) is 11.9. The van der Waals surface area contributed by atoms with E-state index in [1.807, 2.05) is 60.5 Å². The third kappa shape index (κ3) is 3.97. The van der Waals surface area contributed by atoms with E-state index in [1.54, 1.807) is 0 Å². The lowest BCUT2D eigenvalue weighted by molar-refractivity contribution is 0.122. The van der Waals surface area contributed by atoms with Gasteiger partial charge in [0.1, 0.15) is 5.82 Å². The highest BCUT2D eigenvalue weighted by Crippen LogP contribution is 2.28. The van der Waals surface area contributed by atoms with E-state index in [4.69, 9.17) is 14.7 Å². The molecule has 0 unspecified atom stereocenters. The van der Waals surface area contributed by atoms with E-state index in [2.05, 4.69) is 43.7 Å². The Balaban J connectivity index is 1.36. The van der Waals surface area contributed by atoms with Crippen LogP contribution in [0.3, 0.4) is 0 Å². The molecule has 1 fully saturated rings. The van der Waals surface area contributed by atoms with Gasteiger partial charge in [-0.3, -0.25) is 9.78 Å². The van der Waals surface area contributed by atoms with Crippen LogP contribution in [-0.2, 0) is 11.8 Å². The minimum atomic E-state index is 0.673. The van der Waals surface area contributed by atoms with E-state index in [1.165, 1.54) is 0 Å². The van der Waals surface area contributed by atoms with E-state index >= 15 is 0 Å². The topological polar surface area (TPSA) is 96.8 Å². The first kappa shape index (κ1) is 20.4. The van der Waals surface area contributed by atoms with Crippen LogP contribution in [-0.4, -0.2) is 56.2 Å². The normalized spacial score (nSPS) is 14.0. The lowest BCUT2D eigenvalue weighted by Crippen LogP contribution is -2.37. The van der Waals surface area contributed by atoms with Crippen molar-refractivity contribution in [2.45, 2.75) is 0 Å². The van der Waals surface area contributed by atoms with E-state index < -0.39 is 0 Å². The molecule has 0 spiro atoms. The van der Waals surface area contributed by atoms with Crippen molar-refractivity contribution in [1.29, 1.82) is 0 Å². The van der Waals surface area contributed by atoms with E-state index in [0.717, 1.165) is 58.0 Å². The Hall–Kier alpha value is -4.24. The van der Waals surface area contributed by atoms with Gasteiger partial charge in [0.25, 0.3) is 0 Å². The SMILES string of the molecule is Cn1ncc2ccc(-c3cc(Nc4ccc(-c5cc[nH]n5)cc4)nc(N4CCOCC4)n3)cc21. The molecule has 0 bridgehead atoms. The van der Waals surface area contributed by atoms with Crippen molar-refractivity contribution in [2.24, 2.45) is 7.05 Å². The van der Waals surface area contributed by atoms with Crippen molar-refractivity contribution in [3.63, 3.8) is 0 Å². The molecule has 6 rings (SSSR count). The molecule has 1 aliphatic rings. The molecule has 5 aromatic rings. The first-order valence-corrected chi connectivity index (χ1v) is 11.2. The van der Waals surface area contributed by atoms with Crippen LogP contribution in [0.4, 0.5) is 17.5 Å². The number of aromatic amines is 1. The van der Waals surface area contributed by atoms with Gasteiger partial charge in [0.05, 0.1) is 36.3 Å². The molecule has 1 aliphatic heterocycles. The lowest BCUT2D eigenvalue weighted by Gasteiger charge is -2.27. The summed E-state index contributed by atoms with van der Waals surface area (Å²) in [5, 5.41) is 16.0. The predicted molar refractivity (Wildman–Crippen MR) is 132 cm³/mol. The number of rotatable bonds is 5. The fourth-order valence-electron chi connectivity index (χ4n) is 4.15. The minimum Gasteiger partial charge on any atom is -0.378 e. The smallest absolute Gasteiger partial charge is 0.228 e. The third-order valence-corrected chi connectivity index (χ3v) is 6.01. The molecule has 0 radical (unpaired) electrons. The average molecular weight is 453 g/mol. The monoisotopic (exact) mass is 452 g/mol. The lowest BCUT2D eigenvalue weighted by atomic mass is 10.1. The number of nitrogens with zero attached hydrogens (tertiary/aromatic N) is 6. The number of H-pyrrole nitrogens is 1. The van der Waals surface area contributed by atoms with Gasteiger partial charge in [0, 0.05) is 54.6 Å². The van der Waals surface area contributed by atoms with Gasteiger partial charge in [-0.05, 0) is 24.3 Å². The van der Waals surface area contributed by atoms with Crippen LogP contribution in [0.25, 0.3) is 33.4 Å². The van der Waals surface area contributed by atoms with Gasteiger partial charge in [-0.1, -0.05) is 24.3 Å². The summed E-state index contributed by atoms with van der Waals surface area (Å²) in [6.45, 7) is 2.88. The summed E-state index contributed by atoms with van der Waals surface area (Å²) < 4.78 is 7.40. The predicted octanol–water partition coefficient (Wildman–Crippen LogP) is 4.00. The second kappa shape index (κ2) is 8.60. The Kier molecular flexibility index (Phi) is 5.15. The van der Waals surface area contributed by atoms with Crippen molar-refractivity contribution < 1.29 is 4.74 Å². The van der Waals surface area contributed by atoms with Crippen LogP contribution < -0.4 is 10.2 Å². The maximum absolute atomic E-state index is 5.53. The van der Waals surface area contributed by atoms with E-state index in [9.17, 15) is 0 Å². The number of nitrogens with one attached hydrogen (secondary N) is 2. The molecule has 4 heterocycles. The number of anilines is 3. The van der Waals surface area contributed by atoms with Crippen LogP contribution in [0, 0.1) is 0 Å². The van der Waals surface area contributed by atoms with Crippen molar-refractivity contribution >= 4 is 28.4 Å². The maximum atomic E-state index is 5.53. The van der Waals surface area contributed by atoms with Gasteiger partial charge in [-0.15, -0.1) is 0 Å². The molecule has 2 aromatic carbocycles. The number of benzene rings is 2. The molecule has 170 valence electrons. The summed E-state index contributed by atoms with van der Waals surface area (Å²) in [5.74, 6) is 1.44. The van der Waals surface area contributed by atoms with Crippen molar-refractivity contribution in [2.75, 3.05) is 36.5 Å². The minimum absolute atomic E-state index is 0.673. The quantitative estimate of drug-likeness (QED) is 0.416. The first-order chi connectivity index (χ1) is 16.7. The first-order valence-electron chi connectivity index (χ1n) is 11.2. The molecular weight excluding hydrogens is 428 g/mol. The van der Waals surface area contributed by atoms with Gasteiger partial charge in [0.2, 0.25) is 5.95 Å². The Morgan fingerprint density at radius 2 is 1.74 bits per heavy atom. The highest BCUT2D eigenvalue weighted by atomic mass is 16.5. The zero-order valence-corrected chi connectivity index (χ0v) is 18.8. The molecule has 0 amide bonds. The largest absolute Gasteiger partial charge is 0.378 e. The standard InChI is InChI=1S/C25H24N8O/c1-32-23-14-18(2-3-19(23)16-27-32)22-15-24(30-25(29-22)33-10-12-34-13-11-33)28-20-6-4-17(5-7-20)21-8-9-26-31-21/h2-9,14-16H,10-13H2,1H3,(H,26,31)(H,28,29,30). The zero-order valence-electron chi connectivity index (χ0n) is 18.8. The van der Waals surface area contributed by atoms with Crippen molar-refractivity contribution in [3.8, 4) is 22.5 Å². The fraction of sp³-hybridized carbons (Fsp3) is 0.200. The van der Waals surface area contributed by atoms with Crippen LogP contribution in [0.2, 0.25) is 0 Å². The summed E-state index contributed by atoms with van der Waals surface area (Å²) >= 11 is 0. The molecular formula is C25H24N8O. The third-order valence-electron chi connectivity index (χ3n) is 6.01. The summed E-state index contributed by atoms with van der Waals surface area (Å²) in [5.41, 5.74) is 5.84. The number of morpholine rings is 1. The Bertz CT molecular complexity index is 1420. The molecule has 1 saturated heterocycles. The van der Waals surface area contributed by atoms with E-state index in [-0.39, 0.29) is 0 Å². The van der Waals surface area contributed by atoms with Gasteiger partial charge in [0.15, 0.2) is 0 Å². The number of hydrogen-bond acceptors (Lipinski definition) is 7. The van der Waals surface area contributed by atoms with Crippen molar-refractivity contribution in [3.05, 3.63) is 67.0 Å². The van der Waals surface area contributed by atoms with Gasteiger partial charge in [-0.2, -0.15) is 15.2 Å². The number of fused-ring (bicyclic) bond motifs is 1. The number of aromatic nitrogens is 6. The second-order valence-corrected chi connectivity index (χ2v) is 8.24. The maximum Gasteiger partial charge on any atom is 0.228 e. The van der Waals surface area contributed by atoms with E-state index in [0.29, 0.717) is 19.2 Å². The molecule has 2 N–H and O–H groups in total. The number of ether oxygens (including phenoxy) is 1. The molecule has 0 atom stereocenters. The van der Waals surface area contributed by atoms with Crippen LogP contribution in [0.1, 0.15) is 0 Å². The second-order valence-electron chi connectivity index (χ2n) is 8.24. The molecule has 3 aromatic heterocycles. The molecule has 0 aliphatic carbocycles. The van der Waals surface area contributed by atoms with Crippen LogP contribution in [0.15, 0.2) is 67.0 Å². The fourth-order valence-corrected chi connectivity index (χ4v) is 4.15. The van der Waals surface area contributed by atoms with Gasteiger partial charge < -0.3 is 15.0 Å².